The zero-order valence-corrected chi connectivity index (χ0v) is 23.6. The highest BCUT2D eigenvalue weighted by Gasteiger charge is 2.21. The second kappa shape index (κ2) is 13.5. The van der Waals surface area contributed by atoms with E-state index in [4.69, 9.17) is 4.74 Å². The number of ether oxygens (including phenoxy) is 1. The average molecular weight is 573 g/mol. The Morgan fingerprint density at radius 2 is 1.41 bits per heavy atom. The first-order valence-electron chi connectivity index (χ1n) is 12.9. The van der Waals surface area contributed by atoms with Gasteiger partial charge in [0, 0.05) is 24.3 Å². The quantitative estimate of drug-likeness (QED) is 0.204. The molecule has 0 unspecified atom stereocenters. The molecule has 0 aliphatic heterocycles. The topological polar surface area (TPSA) is 126 Å². The van der Waals surface area contributed by atoms with Gasteiger partial charge in [0.05, 0.1) is 12.0 Å². The molecule has 0 fully saturated rings. The minimum Gasteiger partial charge on any atom is -0.497 e. The molecule has 0 spiro atoms. The number of carbonyl (C=O) groups is 2. The van der Waals surface area contributed by atoms with Gasteiger partial charge in [0.15, 0.2) is 0 Å². The van der Waals surface area contributed by atoms with E-state index in [-0.39, 0.29) is 17.3 Å². The summed E-state index contributed by atoms with van der Waals surface area (Å²) < 4.78 is 33.0. The molecule has 4 N–H and O–H groups in total. The molecular formula is C31H32N4O5S. The van der Waals surface area contributed by atoms with Crippen molar-refractivity contribution in [2.45, 2.75) is 30.8 Å². The van der Waals surface area contributed by atoms with Crippen LogP contribution in [0.2, 0.25) is 0 Å². The molecular weight excluding hydrogens is 540 g/mol. The van der Waals surface area contributed by atoms with E-state index in [0.29, 0.717) is 17.8 Å². The lowest BCUT2D eigenvalue weighted by molar-refractivity contribution is -0.123. The minimum atomic E-state index is -3.75. The normalized spacial score (nSPS) is 11.7. The lowest BCUT2D eigenvalue weighted by atomic mass is 10.1. The van der Waals surface area contributed by atoms with Gasteiger partial charge in [-0.25, -0.2) is 13.2 Å². The molecule has 41 heavy (non-hydrogen) atoms. The summed E-state index contributed by atoms with van der Waals surface area (Å²) in [5.74, 6) is 0.387. The van der Waals surface area contributed by atoms with Crippen molar-refractivity contribution in [3.05, 3.63) is 120 Å². The van der Waals surface area contributed by atoms with Gasteiger partial charge in [-0.05, 0) is 66.6 Å². The van der Waals surface area contributed by atoms with Crippen LogP contribution in [0.3, 0.4) is 0 Å². The van der Waals surface area contributed by atoms with Crippen molar-refractivity contribution in [2.75, 3.05) is 17.1 Å². The van der Waals surface area contributed by atoms with Crippen molar-refractivity contribution in [2.24, 2.45) is 0 Å². The van der Waals surface area contributed by atoms with Crippen LogP contribution in [0.4, 0.5) is 16.2 Å². The third kappa shape index (κ3) is 8.58. The van der Waals surface area contributed by atoms with E-state index in [1.165, 1.54) is 12.1 Å². The van der Waals surface area contributed by atoms with Crippen molar-refractivity contribution in [3.8, 4) is 5.75 Å². The fraction of sp³-hybridized carbons (Fsp3) is 0.161. The van der Waals surface area contributed by atoms with E-state index in [0.717, 1.165) is 22.4 Å². The van der Waals surface area contributed by atoms with E-state index < -0.39 is 22.1 Å². The molecule has 212 valence electrons. The molecule has 0 saturated carbocycles. The van der Waals surface area contributed by atoms with E-state index >= 15 is 0 Å². The fourth-order valence-corrected chi connectivity index (χ4v) is 5.05. The third-order valence-electron chi connectivity index (χ3n) is 6.26. The van der Waals surface area contributed by atoms with Gasteiger partial charge in [0.2, 0.25) is 5.91 Å². The van der Waals surface area contributed by atoms with Crippen LogP contribution in [0.15, 0.2) is 108 Å². The number of anilines is 2. The molecule has 9 nitrogen and oxygen atoms in total. The van der Waals surface area contributed by atoms with Gasteiger partial charge in [0.25, 0.3) is 10.0 Å². The molecule has 4 aromatic carbocycles. The van der Waals surface area contributed by atoms with Crippen LogP contribution in [0.5, 0.6) is 5.75 Å². The molecule has 0 aliphatic rings. The number of urea groups is 1. The number of rotatable bonds is 11. The Morgan fingerprint density at radius 3 is 2.05 bits per heavy atom. The van der Waals surface area contributed by atoms with Crippen molar-refractivity contribution >= 4 is 33.3 Å². The Hall–Kier alpha value is -4.83. The third-order valence-corrected chi connectivity index (χ3v) is 7.65. The Morgan fingerprint density at radius 1 is 0.780 bits per heavy atom. The van der Waals surface area contributed by atoms with Crippen molar-refractivity contribution in [3.63, 3.8) is 0 Å². The van der Waals surface area contributed by atoms with E-state index in [1.807, 2.05) is 61.5 Å². The van der Waals surface area contributed by atoms with Crippen LogP contribution in [-0.2, 0) is 27.8 Å². The number of benzene rings is 4. The second-order valence-corrected chi connectivity index (χ2v) is 11.1. The molecule has 0 bridgehead atoms. The monoisotopic (exact) mass is 572 g/mol. The Kier molecular flexibility index (Phi) is 9.60. The highest BCUT2D eigenvalue weighted by atomic mass is 32.2. The Balaban J connectivity index is 1.38. The zero-order valence-electron chi connectivity index (χ0n) is 22.8. The average Bonchev–Trinajstić information content (AvgIpc) is 2.97. The lowest BCUT2D eigenvalue weighted by Crippen LogP contribution is -2.49. The molecule has 0 radical (unpaired) electrons. The van der Waals surface area contributed by atoms with Crippen LogP contribution >= 0.6 is 0 Å². The molecule has 1 atom stereocenters. The number of amides is 3. The van der Waals surface area contributed by atoms with Crippen molar-refractivity contribution in [1.82, 2.24) is 10.6 Å². The van der Waals surface area contributed by atoms with Gasteiger partial charge in [-0.2, -0.15) is 0 Å². The molecule has 4 aromatic rings. The van der Waals surface area contributed by atoms with Gasteiger partial charge in [-0.3, -0.25) is 9.52 Å². The van der Waals surface area contributed by atoms with Gasteiger partial charge in [0.1, 0.15) is 11.8 Å². The predicted molar refractivity (Wildman–Crippen MR) is 159 cm³/mol. The Bertz CT molecular complexity index is 1560. The van der Waals surface area contributed by atoms with Crippen LogP contribution < -0.4 is 25.4 Å². The summed E-state index contributed by atoms with van der Waals surface area (Å²) in [6.07, 6.45) is 0.294. The number of aryl methyl sites for hydroxylation is 1. The van der Waals surface area contributed by atoms with E-state index in [1.54, 1.807) is 43.5 Å². The first-order valence-corrected chi connectivity index (χ1v) is 14.4. The number of sulfonamides is 1. The standard InChI is InChI=1S/C31H32N4O5S/c1-22-8-18-28(19-9-22)41(38,39)35-26-14-12-25(13-15-26)33-31(37)34-29(20-23-6-4-3-5-7-23)30(36)32-21-24-10-16-27(40-2)17-11-24/h3-19,29,35H,20-21H2,1-2H3,(H,32,36)(H2,33,34,37)/t29-/m1/s1. The highest BCUT2D eigenvalue weighted by molar-refractivity contribution is 7.92. The number of methoxy groups -OCH3 is 1. The Labute approximate surface area is 240 Å². The minimum absolute atomic E-state index is 0.152. The maximum Gasteiger partial charge on any atom is 0.319 e. The van der Waals surface area contributed by atoms with E-state index in [9.17, 15) is 18.0 Å². The van der Waals surface area contributed by atoms with Gasteiger partial charge in [-0.15, -0.1) is 0 Å². The van der Waals surface area contributed by atoms with Crippen LogP contribution in [0.25, 0.3) is 0 Å². The molecule has 0 aliphatic carbocycles. The van der Waals surface area contributed by atoms with Gasteiger partial charge < -0.3 is 20.7 Å². The number of nitrogens with one attached hydrogen (secondary N) is 4. The molecule has 0 aromatic heterocycles. The second-order valence-electron chi connectivity index (χ2n) is 9.40. The molecule has 10 heteroatoms. The molecule has 3 amide bonds. The van der Waals surface area contributed by atoms with Gasteiger partial charge in [-0.1, -0.05) is 60.2 Å². The van der Waals surface area contributed by atoms with Crippen LogP contribution in [0.1, 0.15) is 16.7 Å². The van der Waals surface area contributed by atoms with Crippen LogP contribution in [-0.4, -0.2) is 33.5 Å². The summed E-state index contributed by atoms with van der Waals surface area (Å²) in [5.41, 5.74) is 3.51. The number of hydrogen-bond acceptors (Lipinski definition) is 5. The first kappa shape index (κ1) is 29.2. The summed E-state index contributed by atoms with van der Waals surface area (Å²) in [5, 5.41) is 8.34. The first-order chi connectivity index (χ1) is 19.7. The largest absolute Gasteiger partial charge is 0.497 e. The summed E-state index contributed by atoms with van der Waals surface area (Å²) >= 11 is 0. The van der Waals surface area contributed by atoms with Crippen LogP contribution in [0, 0.1) is 6.92 Å². The summed E-state index contributed by atoms with van der Waals surface area (Å²) in [4.78, 5) is 26.1. The summed E-state index contributed by atoms with van der Waals surface area (Å²) in [6.45, 7) is 2.17. The highest BCUT2D eigenvalue weighted by Crippen LogP contribution is 2.19. The summed E-state index contributed by atoms with van der Waals surface area (Å²) in [6, 6.07) is 28.1. The fourth-order valence-electron chi connectivity index (χ4n) is 3.99. The maximum atomic E-state index is 13.1. The van der Waals surface area contributed by atoms with E-state index in [2.05, 4.69) is 20.7 Å². The van der Waals surface area contributed by atoms with Gasteiger partial charge >= 0.3 is 6.03 Å². The summed E-state index contributed by atoms with van der Waals surface area (Å²) in [7, 11) is -2.16. The SMILES string of the molecule is COc1ccc(CNC(=O)[C@@H](Cc2ccccc2)NC(=O)Nc2ccc(NS(=O)(=O)c3ccc(C)cc3)cc2)cc1. The number of hydrogen-bond donors (Lipinski definition) is 4. The molecule has 4 rings (SSSR count). The molecule has 0 heterocycles. The van der Waals surface area contributed by atoms with Crippen molar-refractivity contribution < 1.29 is 22.7 Å². The van der Waals surface area contributed by atoms with Crippen molar-refractivity contribution in [1.29, 1.82) is 0 Å². The molecule has 0 saturated heterocycles. The predicted octanol–water partition coefficient (Wildman–Crippen LogP) is 4.85. The maximum absolute atomic E-state index is 13.1. The smallest absolute Gasteiger partial charge is 0.319 e. The number of carbonyl (C=O) groups excluding carboxylic acids is 2. The lowest BCUT2D eigenvalue weighted by Gasteiger charge is -2.19. The zero-order chi connectivity index (χ0) is 29.2.